The zero-order valence-electron chi connectivity index (χ0n) is 7.36. The molecule has 1 aromatic rings. The first-order chi connectivity index (χ1) is 6.07. The Labute approximate surface area is 76.2 Å². The van der Waals surface area contributed by atoms with Crippen molar-refractivity contribution < 1.29 is 15.3 Å². The monoisotopic (exact) mass is 183 g/mol. The molecule has 0 heterocycles. The summed E-state index contributed by atoms with van der Waals surface area (Å²) in [6, 6.07) is 2.48. The molecule has 0 saturated heterocycles. The van der Waals surface area contributed by atoms with Crippen LogP contribution in [0.25, 0.3) is 0 Å². The molecule has 4 heteroatoms. The van der Waals surface area contributed by atoms with E-state index < -0.39 is 5.75 Å². The summed E-state index contributed by atoms with van der Waals surface area (Å²) in [5.41, 5.74) is 6.10. The van der Waals surface area contributed by atoms with Crippen LogP contribution in [0.1, 0.15) is 24.9 Å². The van der Waals surface area contributed by atoms with Crippen LogP contribution in [0.4, 0.5) is 0 Å². The molecule has 0 bridgehead atoms. The fourth-order valence-corrected chi connectivity index (χ4v) is 1.10. The Morgan fingerprint density at radius 1 is 1.23 bits per heavy atom. The second-order valence-corrected chi connectivity index (χ2v) is 2.89. The highest BCUT2D eigenvalue weighted by Gasteiger charge is 2.14. The molecule has 1 aromatic carbocycles. The van der Waals surface area contributed by atoms with Crippen molar-refractivity contribution in [1.29, 1.82) is 0 Å². The molecule has 0 saturated carbocycles. The minimum Gasteiger partial charge on any atom is -0.504 e. The molecule has 0 radical (unpaired) electrons. The van der Waals surface area contributed by atoms with Gasteiger partial charge in [-0.05, 0) is 18.6 Å². The molecule has 0 fully saturated rings. The summed E-state index contributed by atoms with van der Waals surface area (Å²) in [7, 11) is 0. The van der Waals surface area contributed by atoms with Crippen LogP contribution in [0.3, 0.4) is 0 Å². The van der Waals surface area contributed by atoms with Gasteiger partial charge < -0.3 is 21.1 Å². The lowest BCUT2D eigenvalue weighted by Crippen LogP contribution is -2.08. The summed E-state index contributed by atoms with van der Waals surface area (Å²) in [4.78, 5) is 0. The average molecular weight is 183 g/mol. The van der Waals surface area contributed by atoms with Gasteiger partial charge >= 0.3 is 0 Å². The summed E-state index contributed by atoms with van der Waals surface area (Å²) in [5.74, 6) is -1.19. The van der Waals surface area contributed by atoms with Gasteiger partial charge in [0.2, 0.25) is 5.75 Å². The van der Waals surface area contributed by atoms with Crippen molar-refractivity contribution >= 4 is 0 Å². The van der Waals surface area contributed by atoms with E-state index in [0.29, 0.717) is 12.0 Å². The van der Waals surface area contributed by atoms with Gasteiger partial charge in [0.1, 0.15) is 0 Å². The van der Waals surface area contributed by atoms with Crippen molar-refractivity contribution in [3.8, 4) is 17.2 Å². The first kappa shape index (κ1) is 9.67. The number of hydrogen-bond acceptors (Lipinski definition) is 4. The molecule has 0 aliphatic heterocycles. The molecule has 0 unspecified atom stereocenters. The molecule has 0 aliphatic carbocycles. The van der Waals surface area contributed by atoms with Crippen LogP contribution in [-0.4, -0.2) is 15.3 Å². The molecule has 0 aromatic heterocycles. The van der Waals surface area contributed by atoms with Gasteiger partial charge in [-0.15, -0.1) is 0 Å². The fourth-order valence-electron chi connectivity index (χ4n) is 1.10. The smallest absolute Gasteiger partial charge is 0.200 e. The van der Waals surface area contributed by atoms with E-state index in [1.54, 1.807) is 0 Å². The molecule has 0 aliphatic rings. The summed E-state index contributed by atoms with van der Waals surface area (Å²) in [5, 5.41) is 27.6. The van der Waals surface area contributed by atoms with Gasteiger partial charge in [0.25, 0.3) is 0 Å². The van der Waals surface area contributed by atoms with Crippen LogP contribution in [0.2, 0.25) is 0 Å². The third-order valence-corrected chi connectivity index (χ3v) is 2.00. The average Bonchev–Trinajstić information content (AvgIpc) is 2.13. The number of phenolic OH excluding ortho intramolecular Hbond substituents is 3. The van der Waals surface area contributed by atoms with E-state index >= 15 is 0 Å². The van der Waals surface area contributed by atoms with E-state index in [1.165, 1.54) is 12.1 Å². The van der Waals surface area contributed by atoms with Crippen molar-refractivity contribution in [2.75, 3.05) is 0 Å². The van der Waals surface area contributed by atoms with Crippen LogP contribution < -0.4 is 5.73 Å². The van der Waals surface area contributed by atoms with Crippen LogP contribution in [-0.2, 0) is 0 Å². The lowest BCUT2D eigenvalue weighted by Gasteiger charge is -2.12. The molecular formula is C9H13NO3. The first-order valence-electron chi connectivity index (χ1n) is 4.07. The summed E-state index contributed by atoms with van der Waals surface area (Å²) in [6.07, 6.45) is 0.651. The van der Waals surface area contributed by atoms with Crippen molar-refractivity contribution in [2.45, 2.75) is 19.4 Å². The topological polar surface area (TPSA) is 86.7 Å². The van der Waals surface area contributed by atoms with Gasteiger partial charge in [-0.1, -0.05) is 6.92 Å². The third kappa shape index (κ3) is 1.67. The van der Waals surface area contributed by atoms with Crippen molar-refractivity contribution in [3.63, 3.8) is 0 Å². The second-order valence-electron chi connectivity index (χ2n) is 2.89. The predicted octanol–water partition coefficient (Wildman–Crippen LogP) is 1.21. The van der Waals surface area contributed by atoms with Gasteiger partial charge in [0.15, 0.2) is 11.5 Å². The molecule has 13 heavy (non-hydrogen) atoms. The molecule has 4 nitrogen and oxygen atoms in total. The fraction of sp³-hybridized carbons (Fsp3) is 0.333. The zero-order chi connectivity index (χ0) is 10.0. The Bertz CT molecular complexity index is 312. The van der Waals surface area contributed by atoms with E-state index in [1.807, 2.05) is 6.92 Å². The third-order valence-electron chi connectivity index (χ3n) is 2.00. The number of aromatic hydroxyl groups is 3. The van der Waals surface area contributed by atoms with Gasteiger partial charge in [-0.3, -0.25) is 0 Å². The van der Waals surface area contributed by atoms with Gasteiger partial charge in [0, 0.05) is 11.6 Å². The van der Waals surface area contributed by atoms with Crippen LogP contribution in [0, 0.1) is 0 Å². The highest BCUT2D eigenvalue weighted by molar-refractivity contribution is 5.53. The van der Waals surface area contributed by atoms with Gasteiger partial charge in [-0.25, -0.2) is 0 Å². The van der Waals surface area contributed by atoms with E-state index in [9.17, 15) is 10.2 Å². The van der Waals surface area contributed by atoms with Crippen LogP contribution in [0.15, 0.2) is 12.1 Å². The summed E-state index contributed by atoms with van der Waals surface area (Å²) >= 11 is 0. The minimum atomic E-state index is -0.513. The normalized spacial score (nSPS) is 12.8. The quantitative estimate of drug-likeness (QED) is 0.519. The number of benzene rings is 1. The summed E-state index contributed by atoms with van der Waals surface area (Å²) in [6.45, 7) is 1.87. The highest BCUT2D eigenvalue weighted by atomic mass is 16.3. The van der Waals surface area contributed by atoms with Crippen molar-refractivity contribution in [1.82, 2.24) is 0 Å². The Balaban J connectivity index is 3.18. The summed E-state index contributed by atoms with van der Waals surface area (Å²) < 4.78 is 0. The molecule has 1 atom stereocenters. The lowest BCUT2D eigenvalue weighted by molar-refractivity contribution is 0.362. The number of hydrogen-bond donors (Lipinski definition) is 4. The SMILES string of the molecule is CC[C@H](N)c1ccc(O)c(O)c1O. The van der Waals surface area contributed by atoms with Crippen molar-refractivity contribution in [3.05, 3.63) is 17.7 Å². The Morgan fingerprint density at radius 3 is 2.38 bits per heavy atom. The Hall–Kier alpha value is -1.42. The minimum absolute atomic E-state index is 0.327. The highest BCUT2D eigenvalue weighted by Crippen LogP contribution is 2.39. The first-order valence-corrected chi connectivity index (χ1v) is 4.07. The van der Waals surface area contributed by atoms with Crippen LogP contribution in [0.5, 0.6) is 17.2 Å². The Morgan fingerprint density at radius 2 is 1.85 bits per heavy atom. The molecule has 0 amide bonds. The van der Waals surface area contributed by atoms with E-state index in [0.717, 1.165) is 0 Å². The van der Waals surface area contributed by atoms with Gasteiger partial charge in [-0.2, -0.15) is 0 Å². The predicted molar refractivity (Wildman–Crippen MR) is 48.7 cm³/mol. The largest absolute Gasteiger partial charge is 0.504 e. The van der Waals surface area contributed by atoms with E-state index in [4.69, 9.17) is 10.8 Å². The maximum Gasteiger partial charge on any atom is 0.200 e. The standard InChI is InChI=1S/C9H13NO3/c1-2-6(10)5-3-4-7(11)9(13)8(5)12/h3-4,6,11-13H,2,10H2,1H3/t6-/m0/s1. The molecule has 72 valence electrons. The van der Waals surface area contributed by atoms with E-state index in [-0.39, 0.29) is 17.5 Å². The van der Waals surface area contributed by atoms with Gasteiger partial charge in [0.05, 0.1) is 0 Å². The number of phenols is 3. The van der Waals surface area contributed by atoms with Crippen LogP contribution >= 0.6 is 0 Å². The zero-order valence-corrected chi connectivity index (χ0v) is 7.36. The second kappa shape index (κ2) is 3.53. The molecule has 0 spiro atoms. The van der Waals surface area contributed by atoms with Crippen molar-refractivity contribution in [2.24, 2.45) is 5.73 Å². The lowest BCUT2D eigenvalue weighted by atomic mass is 10.0. The maximum atomic E-state index is 9.39. The Kier molecular flexibility index (Phi) is 2.63. The number of nitrogens with two attached hydrogens (primary N) is 1. The van der Waals surface area contributed by atoms with E-state index in [2.05, 4.69) is 0 Å². The molecular weight excluding hydrogens is 170 g/mol. The number of rotatable bonds is 2. The maximum absolute atomic E-state index is 9.39. The molecule has 1 rings (SSSR count). The molecule has 5 N–H and O–H groups in total.